The van der Waals surface area contributed by atoms with E-state index in [1.54, 1.807) is 0 Å². The monoisotopic (exact) mass is 337 g/mol. The fourth-order valence-corrected chi connectivity index (χ4v) is 3.71. The molecule has 1 aromatic carbocycles. The molecule has 0 bridgehead atoms. The van der Waals surface area contributed by atoms with Crippen LogP contribution in [-0.4, -0.2) is 43.9 Å². The molecule has 0 spiro atoms. The van der Waals surface area contributed by atoms with Crippen LogP contribution in [0.3, 0.4) is 0 Å². The normalized spacial score (nSPS) is 22.0. The van der Waals surface area contributed by atoms with Crippen molar-refractivity contribution in [3.63, 3.8) is 0 Å². The summed E-state index contributed by atoms with van der Waals surface area (Å²) in [5.41, 5.74) is 0. The van der Waals surface area contributed by atoms with Crippen molar-refractivity contribution < 1.29 is 17.5 Å². The zero-order valence-corrected chi connectivity index (χ0v) is 12.0. The van der Waals surface area contributed by atoms with Crippen LogP contribution in [0.25, 0.3) is 0 Å². The van der Waals surface area contributed by atoms with E-state index in [4.69, 9.17) is 4.74 Å². The van der Waals surface area contributed by atoms with Crippen molar-refractivity contribution in [3.8, 4) is 0 Å². The molecule has 0 N–H and O–H groups in total. The van der Waals surface area contributed by atoms with Gasteiger partial charge in [0, 0.05) is 18.4 Å². The summed E-state index contributed by atoms with van der Waals surface area (Å²) in [6.45, 7) is 0.812. The van der Waals surface area contributed by atoms with Crippen molar-refractivity contribution in [1.82, 2.24) is 4.31 Å². The summed E-state index contributed by atoms with van der Waals surface area (Å²) in [6.07, 6.45) is -0.194. The minimum Gasteiger partial charge on any atom is -0.375 e. The van der Waals surface area contributed by atoms with E-state index in [2.05, 4.69) is 15.9 Å². The summed E-state index contributed by atoms with van der Waals surface area (Å²) in [5.74, 6) is -0.723. The average molecular weight is 338 g/mol. The van der Waals surface area contributed by atoms with E-state index in [-0.39, 0.29) is 24.1 Å². The van der Waals surface area contributed by atoms with Gasteiger partial charge in [0.1, 0.15) is 10.7 Å². The van der Waals surface area contributed by atoms with Gasteiger partial charge in [0.2, 0.25) is 10.0 Å². The Morgan fingerprint density at radius 1 is 1.44 bits per heavy atom. The molecule has 1 saturated heterocycles. The van der Waals surface area contributed by atoms with Crippen LogP contribution >= 0.6 is 15.9 Å². The van der Waals surface area contributed by atoms with Crippen LogP contribution in [-0.2, 0) is 14.8 Å². The third-order valence-corrected chi connectivity index (χ3v) is 5.35. The molecule has 4 nitrogen and oxygen atoms in total. The third kappa shape index (κ3) is 2.74. The first-order chi connectivity index (χ1) is 8.55. The highest BCUT2D eigenvalue weighted by molar-refractivity contribution is 9.09. The molecule has 1 aliphatic heterocycles. The van der Waals surface area contributed by atoms with E-state index >= 15 is 0 Å². The van der Waals surface area contributed by atoms with Crippen molar-refractivity contribution in [2.45, 2.75) is 11.0 Å². The summed E-state index contributed by atoms with van der Waals surface area (Å²) < 4.78 is 44.8. The lowest BCUT2D eigenvalue weighted by molar-refractivity contribution is 0.0136. The first-order valence-corrected chi connectivity index (χ1v) is 8.04. The summed E-state index contributed by atoms with van der Waals surface area (Å²) in [5, 5.41) is 0.552. The first kappa shape index (κ1) is 13.9. The van der Waals surface area contributed by atoms with Gasteiger partial charge in [0.25, 0.3) is 0 Å². The van der Waals surface area contributed by atoms with Crippen molar-refractivity contribution in [3.05, 3.63) is 30.1 Å². The maximum atomic E-state index is 13.6. The van der Waals surface area contributed by atoms with Gasteiger partial charge < -0.3 is 4.74 Å². The maximum Gasteiger partial charge on any atom is 0.246 e. The lowest BCUT2D eigenvalue weighted by Crippen LogP contribution is -2.46. The molecule has 2 rings (SSSR count). The molecule has 1 heterocycles. The van der Waals surface area contributed by atoms with E-state index in [9.17, 15) is 12.8 Å². The number of ether oxygens (including phenoxy) is 1. The van der Waals surface area contributed by atoms with Crippen molar-refractivity contribution in [1.29, 1.82) is 0 Å². The zero-order valence-electron chi connectivity index (χ0n) is 9.55. The number of nitrogens with zero attached hydrogens (tertiary/aromatic N) is 1. The standard InChI is InChI=1S/C11H13BrFNO3S/c12-7-9-8-14(5-6-17-9)18(15,16)11-4-2-1-3-10(11)13/h1-4,9H,5-8H2. The molecule has 1 aliphatic rings. The van der Waals surface area contributed by atoms with Crippen LogP contribution in [0, 0.1) is 5.82 Å². The number of sulfonamides is 1. The average Bonchev–Trinajstić information content (AvgIpc) is 2.39. The lowest BCUT2D eigenvalue weighted by Gasteiger charge is -2.31. The minimum atomic E-state index is -3.78. The van der Waals surface area contributed by atoms with E-state index in [1.807, 2.05) is 0 Å². The highest BCUT2D eigenvalue weighted by atomic mass is 79.9. The smallest absolute Gasteiger partial charge is 0.246 e. The molecule has 0 aliphatic carbocycles. The van der Waals surface area contributed by atoms with Crippen LogP contribution in [0.15, 0.2) is 29.2 Å². The van der Waals surface area contributed by atoms with Crippen LogP contribution in [0.1, 0.15) is 0 Å². The molecule has 1 fully saturated rings. The highest BCUT2D eigenvalue weighted by Crippen LogP contribution is 2.21. The Bertz CT molecular complexity index is 523. The fourth-order valence-electron chi connectivity index (χ4n) is 1.80. The van der Waals surface area contributed by atoms with E-state index in [0.29, 0.717) is 11.9 Å². The van der Waals surface area contributed by atoms with Crippen LogP contribution in [0.5, 0.6) is 0 Å². The van der Waals surface area contributed by atoms with Gasteiger partial charge >= 0.3 is 0 Å². The van der Waals surface area contributed by atoms with Gasteiger partial charge in [-0.3, -0.25) is 0 Å². The Balaban J connectivity index is 2.29. The molecule has 1 unspecified atom stereocenters. The van der Waals surface area contributed by atoms with Gasteiger partial charge in [-0.2, -0.15) is 4.31 Å². The van der Waals surface area contributed by atoms with Crippen LogP contribution in [0.2, 0.25) is 0 Å². The summed E-state index contributed by atoms with van der Waals surface area (Å²) in [6, 6.07) is 5.41. The number of benzene rings is 1. The van der Waals surface area contributed by atoms with E-state index in [1.165, 1.54) is 22.5 Å². The highest BCUT2D eigenvalue weighted by Gasteiger charge is 2.31. The van der Waals surface area contributed by atoms with Crippen molar-refractivity contribution >= 4 is 26.0 Å². The minimum absolute atomic E-state index is 0.194. The molecule has 0 amide bonds. The maximum absolute atomic E-state index is 13.6. The second-order valence-electron chi connectivity index (χ2n) is 3.94. The van der Waals surface area contributed by atoms with Gasteiger partial charge in [-0.15, -0.1) is 0 Å². The van der Waals surface area contributed by atoms with Crippen molar-refractivity contribution in [2.75, 3.05) is 25.0 Å². The van der Waals surface area contributed by atoms with Gasteiger partial charge in [-0.25, -0.2) is 12.8 Å². The number of hydrogen-bond acceptors (Lipinski definition) is 3. The predicted molar refractivity (Wildman–Crippen MR) is 68.7 cm³/mol. The summed E-state index contributed by atoms with van der Waals surface area (Å²) >= 11 is 3.26. The Hall–Kier alpha value is -0.500. The quantitative estimate of drug-likeness (QED) is 0.787. The Morgan fingerprint density at radius 2 is 2.17 bits per heavy atom. The summed E-state index contributed by atoms with van der Waals surface area (Å²) in [7, 11) is -3.78. The molecular formula is C11H13BrFNO3S. The number of morpholine rings is 1. The SMILES string of the molecule is O=S(=O)(c1ccccc1F)N1CCOC(CBr)C1. The molecular weight excluding hydrogens is 325 g/mol. The molecule has 0 aromatic heterocycles. The Kier molecular flexibility index (Phi) is 4.37. The molecule has 7 heteroatoms. The Morgan fingerprint density at radius 3 is 2.83 bits per heavy atom. The molecule has 0 saturated carbocycles. The zero-order chi connectivity index (χ0) is 13.2. The van der Waals surface area contributed by atoms with Gasteiger partial charge in [-0.05, 0) is 12.1 Å². The second kappa shape index (κ2) is 5.64. The Labute approximate surface area is 114 Å². The van der Waals surface area contributed by atoms with E-state index < -0.39 is 15.8 Å². The summed E-state index contributed by atoms with van der Waals surface area (Å²) in [4.78, 5) is -0.278. The van der Waals surface area contributed by atoms with Crippen molar-refractivity contribution in [2.24, 2.45) is 0 Å². The van der Waals surface area contributed by atoms with Crippen LogP contribution < -0.4 is 0 Å². The van der Waals surface area contributed by atoms with E-state index in [0.717, 1.165) is 6.07 Å². The molecule has 100 valence electrons. The molecule has 0 radical (unpaired) electrons. The number of rotatable bonds is 3. The molecule has 1 aromatic rings. The lowest BCUT2D eigenvalue weighted by atomic mass is 10.3. The van der Waals surface area contributed by atoms with Gasteiger partial charge in [0.05, 0.1) is 12.7 Å². The fraction of sp³-hybridized carbons (Fsp3) is 0.455. The predicted octanol–water partition coefficient (Wildman–Crippen LogP) is 1.61. The third-order valence-electron chi connectivity index (χ3n) is 2.73. The molecule has 1 atom stereocenters. The molecule has 18 heavy (non-hydrogen) atoms. The number of halogens is 2. The first-order valence-electron chi connectivity index (χ1n) is 5.48. The number of alkyl halides is 1. The van der Waals surface area contributed by atoms with Gasteiger partial charge in [0.15, 0.2) is 0 Å². The topological polar surface area (TPSA) is 46.6 Å². The second-order valence-corrected chi connectivity index (χ2v) is 6.49. The van der Waals surface area contributed by atoms with Crippen LogP contribution in [0.4, 0.5) is 4.39 Å². The van der Waals surface area contributed by atoms with Gasteiger partial charge in [-0.1, -0.05) is 28.1 Å². The number of hydrogen-bond donors (Lipinski definition) is 0. The largest absolute Gasteiger partial charge is 0.375 e.